The number of hydrogen-bond donors (Lipinski definition) is 0. The van der Waals surface area contributed by atoms with E-state index in [0.29, 0.717) is 5.56 Å². The first-order chi connectivity index (χ1) is 6.56. The number of aliphatic imine (C=N–C) groups is 1. The molecule has 0 unspecified atom stereocenters. The minimum atomic E-state index is -0.310. The molecule has 0 heterocycles. The molecule has 72 valence electrons. The summed E-state index contributed by atoms with van der Waals surface area (Å²) in [5.74, 6) is -0.310. The van der Waals surface area contributed by atoms with E-state index in [1.165, 1.54) is 0 Å². The molecule has 0 aliphatic heterocycles. The Labute approximate surface area is 88.7 Å². The molecule has 0 atom stereocenters. The number of rotatable bonds is 1. The van der Waals surface area contributed by atoms with Crippen LogP contribution >= 0.6 is 12.2 Å². The summed E-state index contributed by atoms with van der Waals surface area (Å²) in [4.78, 5) is 15.0. The second-order valence-corrected chi connectivity index (χ2v) is 3.46. The van der Waals surface area contributed by atoms with Crippen molar-refractivity contribution in [3.05, 3.63) is 34.4 Å². The van der Waals surface area contributed by atoms with E-state index < -0.39 is 0 Å². The number of aryl methyl sites for hydroxylation is 3. The van der Waals surface area contributed by atoms with Gasteiger partial charge in [-0.3, -0.25) is 4.79 Å². The third-order valence-corrected chi connectivity index (χ3v) is 2.13. The summed E-state index contributed by atoms with van der Waals surface area (Å²) < 4.78 is 0. The standard InChI is InChI=1S/C11H11NOS/c1-7-4-8(2)10(9(3)5-7)11(13)12-6-14/h4-5H,1-3H3. The first kappa shape index (κ1) is 10.8. The van der Waals surface area contributed by atoms with E-state index in [1.807, 2.05) is 32.9 Å². The zero-order chi connectivity index (χ0) is 10.7. The highest BCUT2D eigenvalue weighted by Gasteiger charge is 2.10. The van der Waals surface area contributed by atoms with E-state index in [4.69, 9.17) is 0 Å². The van der Waals surface area contributed by atoms with E-state index in [2.05, 4.69) is 22.4 Å². The van der Waals surface area contributed by atoms with Crippen LogP contribution in [0.25, 0.3) is 0 Å². The molecular weight excluding hydrogens is 194 g/mol. The van der Waals surface area contributed by atoms with Gasteiger partial charge in [0.25, 0.3) is 5.91 Å². The number of isothiocyanates is 1. The molecule has 0 saturated carbocycles. The molecule has 0 N–H and O–H groups in total. The number of thiocarbonyl (C=S) groups is 1. The Kier molecular flexibility index (Phi) is 3.28. The third-order valence-electron chi connectivity index (χ3n) is 2.04. The van der Waals surface area contributed by atoms with Crippen LogP contribution in [0.1, 0.15) is 27.0 Å². The van der Waals surface area contributed by atoms with E-state index in [-0.39, 0.29) is 5.91 Å². The van der Waals surface area contributed by atoms with Crippen molar-refractivity contribution in [2.24, 2.45) is 4.99 Å². The number of carbonyl (C=O) groups excluding carboxylic acids is 1. The van der Waals surface area contributed by atoms with Gasteiger partial charge in [-0.15, -0.1) is 0 Å². The molecule has 1 aromatic carbocycles. The maximum Gasteiger partial charge on any atom is 0.286 e. The molecule has 0 aliphatic carbocycles. The second-order valence-electron chi connectivity index (χ2n) is 3.28. The summed E-state index contributed by atoms with van der Waals surface area (Å²) in [6.45, 7) is 5.79. The van der Waals surface area contributed by atoms with Gasteiger partial charge in [0.1, 0.15) is 0 Å². The summed E-state index contributed by atoms with van der Waals surface area (Å²) in [6, 6.07) is 3.91. The summed E-state index contributed by atoms with van der Waals surface area (Å²) in [5, 5.41) is 2.09. The number of benzene rings is 1. The summed E-state index contributed by atoms with van der Waals surface area (Å²) in [7, 11) is 0. The molecule has 1 amide bonds. The zero-order valence-electron chi connectivity index (χ0n) is 8.42. The third kappa shape index (κ3) is 2.13. The molecule has 0 radical (unpaired) electrons. The molecule has 0 aromatic heterocycles. The predicted octanol–water partition coefficient (Wildman–Crippen LogP) is 2.85. The number of hydrogen-bond acceptors (Lipinski definition) is 2. The highest BCUT2D eigenvalue weighted by Crippen LogP contribution is 2.16. The first-order valence-electron chi connectivity index (χ1n) is 4.26. The smallest absolute Gasteiger partial charge is 0.266 e. The first-order valence-corrected chi connectivity index (χ1v) is 4.67. The van der Waals surface area contributed by atoms with Crippen molar-refractivity contribution in [2.45, 2.75) is 20.8 Å². The largest absolute Gasteiger partial charge is 0.286 e. The van der Waals surface area contributed by atoms with Gasteiger partial charge in [0.2, 0.25) is 0 Å². The maximum atomic E-state index is 11.5. The van der Waals surface area contributed by atoms with Gasteiger partial charge < -0.3 is 0 Å². The molecule has 14 heavy (non-hydrogen) atoms. The lowest BCUT2D eigenvalue weighted by Gasteiger charge is -2.06. The van der Waals surface area contributed by atoms with Crippen molar-refractivity contribution in [3.8, 4) is 0 Å². The van der Waals surface area contributed by atoms with Crippen LogP contribution in [0.15, 0.2) is 17.1 Å². The van der Waals surface area contributed by atoms with E-state index >= 15 is 0 Å². The average Bonchev–Trinajstić information content (AvgIpc) is 2.01. The van der Waals surface area contributed by atoms with Crippen LogP contribution in [-0.2, 0) is 0 Å². The molecule has 0 spiro atoms. The van der Waals surface area contributed by atoms with Crippen molar-refractivity contribution in [3.63, 3.8) is 0 Å². The fraction of sp³-hybridized carbons (Fsp3) is 0.273. The fourth-order valence-corrected chi connectivity index (χ4v) is 1.70. The molecule has 0 saturated heterocycles. The fourth-order valence-electron chi connectivity index (χ4n) is 1.61. The van der Waals surface area contributed by atoms with Gasteiger partial charge >= 0.3 is 0 Å². The van der Waals surface area contributed by atoms with Crippen molar-refractivity contribution >= 4 is 23.3 Å². The predicted molar refractivity (Wildman–Crippen MR) is 60.0 cm³/mol. The van der Waals surface area contributed by atoms with Gasteiger partial charge in [0.15, 0.2) is 0 Å². The summed E-state index contributed by atoms with van der Waals surface area (Å²) >= 11 is 4.40. The number of amides is 1. The SMILES string of the molecule is Cc1cc(C)c(C(=O)N=C=S)c(C)c1. The maximum absolute atomic E-state index is 11.5. The van der Waals surface area contributed by atoms with Crippen LogP contribution in [-0.4, -0.2) is 11.1 Å². The monoisotopic (exact) mass is 205 g/mol. The molecule has 1 aromatic rings. The molecule has 2 nitrogen and oxygen atoms in total. The number of nitrogens with zero attached hydrogens (tertiary/aromatic N) is 1. The van der Waals surface area contributed by atoms with Crippen molar-refractivity contribution in [2.75, 3.05) is 0 Å². The van der Waals surface area contributed by atoms with Crippen LogP contribution in [0, 0.1) is 20.8 Å². The molecule has 0 aliphatic rings. The van der Waals surface area contributed by atoms with Gasteiger partial charge in [-0.2, -0.15) is 4.99 Å². The highest BCUT2D eigenvalue weighted by atomic mass is 32.1. The van der Waals surface area contributed by atoms with Gasteiger partial charge in [-0.25, -0.2) is 0 Å². The normalized spacial score (nSPS) is 9.36. The van der Waals surface area contributed by atoms with E-state index in [9.17, 15) is 4.79 Å². The van der Waals surface area contributed by atoms with E-state index in [0.717, 1.165) is 16.7 Å². The van der Waals surface area contributed by atoms with Crippen molar-refractivity contribution in [1.29, 1.82) is 0 Å². The Bertz CT molecular complexity index is 408. The van der Waals surface area contributed by atoms with Crippen molar-refractivity contribution in [1.82, 2.24) is 0 Å². The Balaban J connectivity index is 3.34. The Hall–Kier alpha value is -1.31. The van der Waals surface area contributed by atoms with Crippen LogP contribution in [0.5, 0.6) is 0 Å². The Morgan fingerprint density at radius 3 is 2.21 bits per heavy atom. The molecule has 0 fully saturated rings. The second kappa shape index (κ2) is 4.27. The summed E-state index contributed by atoms with van der Waals surface area (Å²) in [5.41, 5.74) is 3.64. The minimum Gasteiger partial charge on any atom is -0.266 e. The topological polar surface area (TPSA) is 29.4 Å². The quantitative estimate of drug-likeness (QED) is 0.521. The Morgan fingerprint density at radius 2 is 1.79 bits per heavy atom. The van der Waals surface area contributed by atoms with Gasteiger partial charge in [0, 0.05) is 5.56 Å². The molecule has 3 heteroatoms. The van der Waals surface area contributed by atoms with Crippen LogP contribution < -0.4 is 0 Å². The molecule has 0 bridgehead atoms. The van der Waals surface area contributed by atoms with Crippen LogP contribution in [0.4, 0.5) is 0 Å². The lowest BCUT2D eigenvalue weighted by molar-refractivity contribution is 0.100. The average molecular weight is 205 g/mol. The molecule has 1 rings (SSSR count). The summed E-state index contributed by atoms with van der Waals surface area (Å²) in [6.07, 6.45) is 0. The van der Waals surface area contributed by atoms with Crippen molar-refractivity contribution < 1.29 is 4.79 Å². The molecular formula is C11H11NOS. The van der Waals surface area contributed by atoms with E-state index in [1.54, 1.807) is 0 Å². The number of carbonyl (C=O) groups is 1. The van der Waals surface area contributed by atoms with Gasteiger partial charge in [0.05, 0.1) is 5.16 Å². The zero-order valence-corrected chi connectivity index (χ0v) is 9.23. The van der Waals surface area contributed by atoms with Gasteiger partial charge in [-0.05, 0) is 44.1 Å². The highest BCUT2D eigenvalue weighted by molar-refractivity contribution is 7.78. The van der Waals surface area contributed by atoms with Gasteiger partial charge in [-0.1, -0.05) is 17.7 Å². The lowest BCUT2D eigenvalue weighted by atomic mass is 9.99. The van der Waals surface area contributed by atoms with Crippen LogP contribution in [0.2, 0.25) is 0 Å². The minimum absolute atomic E-state index is 0.310. The van der Waals surface area contributed by atoms with Crippen LogP contribution in [0.3, 0.4) is 0 Å². The Morgan fingerprint density at radius 1 is 1.29 bits per heavy atom. The lowest BCUT2D eigenvalue weighted by Crippen LogP contribution is -2.01.